The molecule has 0 amide bonds. The van der Waals surface area contributed by atoms with Gasteiger partial charge in [-0.2, -0.15) is 0 Å². The maximum absolute atomic E-state index is 9.20. The summed E-state index contributed by atoms with van der Waals surface area (Å²) in [7, 11) is 4.32. The molecule has 0 aliphatic carbocycles. The molecule has 16 heavy (non-hydrogen) atoms. The number of aliphatic hydroxyl groups excluding tert-OH is 1. The van der Waals surface area contributed by atoms with Crippen LogP contribution in [0.15, 0.2) is 0 Å². The molecule has 3 heteroatoms. The van der Waals surface area contributed by atoms with Crippen molar-refractivity contribution in [1.29, 1.82) is 0 Å². The number of hydrogen-bond acceptors (Lipinski definition) is 3. The first-order chi connectivity index (χ1) is 7.58. The van der Waals surface area contributed by atoms with Crippen molar-refractivity contribution in [2.24, 2.45) is 5.92 Å². The van der Waals surface area contributed by atoms with Crippen molar-refractivity contribution in [2.75, 3.05) is 40.3 Å². The molecule has 1 unspecified atom stereocenters. The largest absolute Gasteiger partial charge is 0.393 e. The van der Waals surface area contributed by atoms with Gasteiger partial charge < -0.3 is 14.9 Å². The Morgan fingerprint density at radius 1 is 1.31 bits per heavy atom. The van der Waals surface area contributed by atoms with Crippen LogP contribution in [0.2, 0.25) is 0 Å². The molecule has 3 nitrogen and oxygen atoms in total. The van der Waals surface area contributed by atoms with E-state index in [9.17, 15) is 5.11 Å². The van der Waals surface area contributed by atoms with Gasteiger partial charge in [0.1, 0.15) is 0 Å². The zero-order valence-corrected chi connectivity index (χ0v) is 11.2. The fraction of sp³-hybridized carbons (Fsp3) is 1.00. The summed E-state index contributed by atoms with van der Waals surface area (Å²) in [5, 5.41) is 9.20. The van der Waals surface area contributed by atoms with E-state index in [-0.39, 0.29) is 6.10 Å². The lowest BCUT2D eigenvalue weighted by Crippen LogP contribution is -2.37. The van der Waals surface area contributed by atoms with Gasteiger partial charge in [-0.3, -0.25) is 0 Å². The minimum absolute atomic E-state index is 0.133. The molecule has 0 aromatic carbocycles. The Balaban J connectivity index is 2.07. The van der Waals surface area contributed by atoms with Gasteiger partial charge in [-0.25, -0.2) is 0 Å². The predicted octanol–water partition coefficient (Wildman–Crippen LogP) is 1.42. The van der Waals surface area contributed by atoms with Crippen LogP contribution in [0.3, 0.4) is 0 Å². The zero-order chi connectivity index (χ0) is 12.0. The third kappa shape index (κ3) is 5.83. The second-order valence-corrected chi connectivity index (χ2v) is 5.54. The van der Waals surface area contributed by atoms with Crippen LogP contribution in [-0.4, -0.2) is 61.3 Å². The van der Waals surface area contributed by atoms with Gasteiger partial charge in [0.15, 0.2) is 0 Å². The summed E-state index contributed by atoms with van der Waals surface area (Å²) in [5.74, 6) is 0.892. The molecule has 1 aliphatic heterocycles. The van der Waals surface area contributed by atoms with Crippen molar-refractivity contribution >= 4 is 0 Å². The average Bonchev–Trinajstić information content (AvgIpc) is 2.19. The number of piperidine rings is 1. The fourth-order valence-corrected chi connectivity index (χ4v) is 2.52. The molecule has 0 bridgehead atoms. The van der Waals surface area contributed by atoms with Gasteiger partial charge in [-0.1, -0.05) is 0 Å². The van der Waals surface area contributed by atoms with Gasteiger partial charge in [0.25, 0.3) is 0 Å². The molecule has 0 aromatic heterocycles. The highest BCUT2D eigenvalue weighted by Gasteiger charge is 2.19. The first-order valence-electron chi connectivity index (χ1n) is 6.63. The Bertz CT molecular complexity index is 175. The molecule has 0 radical (unpaired) electrons. The Morgan fingerprint density at radius 3 is 2.44 bits per heavy atom. The molecule has 0 saturated carbocycles. The summed E-state index contributed by atoms with van der Waals surface area (Å²) >= 11 is 0. The summed E-state index contributed by atoms with van der Waals surface area (Å²) in [6.07, 6.45) is 4.62. The maximum Gasteiger partial charge on any atom is 0.0512 e. The van der Waals surface area contributed by atoms with Gasteiger partial charge in [0, 0.05) is 6.54 Å². The molecular weight excluding hydrogens is 200 g/mol. The van der Waals surface area contributed by atoms with Gasteiger partial charge >= 0.3 is 0 Å². The van der Waals surface area contributed by atoms with Crippen LogP contribution in [-0.2, 0) is 0 Å². The van der Waals surface area contributed by atoms with Gasteiger partial charge in [0.05, 0.1) is 6.10 Å². The molecule has 0 spiro atoms. The third-order valence-corrected chi connectivity index (χ3v) is 3.43. The minimum Gasteiger partial charge on any atom is -0.393 e. The van der Waals surface area contributed by atoms with Gasteiger partial charge in [-0.05, 0) is 72.3 Å². The number of nitrogens with zero attached hydrogens (tertiary/aromatic N) is 2. The standard InChI is InChI=1S/C13H28N2O/c1-12(16)5-4-8-15-9-6-13(7-10-15)11-14(2)3/h12-13,16H,4-11H2,1-3H3. The molecule has 1 N–H and O–H groups in total. The lowest BCUT2D eigenvalue weighted by molar-refractivity contribution is 0.143. The first kappa shape index (κ1) is 13.9. The second kappa shape index (κ2) is 7.25. The summed E-state index contributed by atoms with van der Waals surface area (Å²) in [6.45, 7) is 6.78. The van der Waals surface area contributed by atoms with Gasteiger partial charge in [0.2, 0.25) is 0 Å². The summed E-state index contributed by atoms with van der Waals surface area (Å²) in [6, 6.07) is 0. The molecule has 1 fully saturated rings. The molecule has 1 aliphatic rings. The van der Waals surface area contributed by atoms with E-state index in [0.29, 0.717) is 0 Å². The van der Waals surface area contributed by atoms with E-state index in [4.69, 9.17) is 0 Å². The lowest BCUT2D eigenvalue weighted by Gasteiger charge is -2.33. The molecule has 1 rings (SSSR count). The van der Waals surface area contributed by atoms with Gasteiger partial charge in [-0.15, -0.1) is 0 Å². The predicted molar refractivity (Wildman–Crippen MR) is 68.6 cm³/mol. The highest BCUT2D eigenvalue weighted by atomic mass is 16.3. The van der Waals surface area contributed by atoms with E-state index in [1.165, 1.54) is 39.0 Å². The van der Waals surface area contributed by atoms with Crippen LogP contribution in [0.1, 0.15) is 32.6 Å². The first-order valence-corrected chi connectivity index (χ1v) is 6.63. The van der Waals surface area contributed by atoms with Crippen molar-refractivity contribution in [3.63, 3.8) is 0 Å². The van der Waals surface area contributed by atoms with Crippen LogP contribution in [0, 0.1) is 5.92 Å². The normalized spacial score (nSPS) is 21.6. The maximum atomic E-state index is 9.20. The topological polar surface area (TPSA) is 26.7 Å². The quantitative estimate of drug-likeness (QED) is 0.745. The number of rotatable bonds is 6. The van der Waals surface area contributed by atoms with E-state index < -0.39 is 0 Å². The van der Waals surface area contributed by atoms with Crippen LogP contribution >= 0.6 is 0 Å². The Morgan fingerprint density at radius 2 is 1.94 bits per heavy atom. The second-order valence-electron chi connectivity index (χ2n) is 5.54. The Hall–Kier alpha value is -0.120. The van der Waals surface area contributed by atoms with Crippen molar-refractivity contribution in [1.82, 2.24) is 9.80 Å². The summed E-state index contributed by atoms with van der Waals surface area (Å²) < 4.78 is 0. The molecule has 96 valence electrons. The molecule has 0 aromatic rings. The molecule has 1 heterocycles. The summed E-state index contributed by atoms with van der Waals surface area (Å²) in [5.41, 5.74) is 0. The Labute approximate surface area is 100 Å². The monoisotopic (exact) mass is 228 g/mol. The Kier molecular flexibility index (Phi) is 6.32. The van der Waals surface area contributed by atoms with Crippen LogP contribution in [0.25, 0.3) is 0 Å². The van der Waals surface area contributed by atoms with Crippen LogP contribution < -0.4 is 0 Å². The SMILES string of the molecule is CC(O)CCCN1CCC(CN(C)C)CC1. The van der Waals surface area contributed by atoms with E-state index in [1.54, 1.807) is 0 Å². The number of aliphatic hydroxyl groups is 1. The zero-order valence-electron chi connectivity index (χ0n) is 11.2. The minimum atomic E-state index is -0.133. The molecule has 1 atom stereocenters. The number of likely N-dealkylation sites (tertiary alicyclic amines) is 1. The van der Waals surface area contributed by atoms with Crippen molar-refractivity contribution in [3.05, 3.63) is 0 Å². The van der Waals surface area contributed by atoms with E-state index in [0.717, 1.165) is 18.8 Å². The smallest absolute Gasteiger partial charge is 0.0512 e. The average molecular weight is 228 g/mol. The highest BCUT2D eigenvalue weighted by molar-refractivity contribution is 4.73. The van der Waals surface area contributed by atoms with E-state index >= 15 is 0 Å². The van der Waals surface area contributed by atoms with Crippen LogP contribution in [0.4, 0.5) is 0 Å². The fourth-order valence-electron chi connectivity index (χ4n) is 2.52. The van der Waals surface area contributed by atoms with Crippen molar-refractivity contribution in [3.8, 4) is 0 Å². The third-order valence-electron chi connectivity index (χ3n) is 3.43. The lowest BCUT2D eigenvalue weighted by atomic mass is 9.96. The van der Waals surface area contributed by atoms with Crippen molar-refractivity contribution < 1.29 is 5.11 Å². The number of hydrogen-bond donors (Lipinski definition) is 1. The van der Waals surface area contributed by atoms with E-state index in [1.807, 2.05) is 6.92 Å². The summed E-state index contributed by atoms with van der Waals surface area (Å²) in [4.78, 5) is 4.85. The van der Waals surface area contributed by atoms with Crippen molar-refractivity contribution in [2.45, 2.75) is 38.7 Å². The molecule has 1 saturated heterocycles. The molecular formula is C13H28N2O. The highest BCUT2D eigenvalue weighted by Crippen LogP contribution is 2.18. The van der Waals surface area contributed by atoms with Crippen LogP contribution in [0.5, 0.6) is 0 Å². The van der Waals surface area contributed by atoms with E-state index in [2.05, 4.69) is 23.9 Å².